The van der Waals surface area contributed by atoms with Gasteiger partial charge in [-0.1, -0.05) is 25.5 Å². The first-order valence-corrected chi connectivity index (χ1v) is 8.85. The molecule has 0 saturated heterocycles. The predicted molar refractivity (Wildman–Crippen MR) is 99.5 cm³/mol. The van der Waals surface area contributed by atoms with E-state index in [2.05, 4.69) is 22.7 Å². The lowest BCUT2D eigenvalue weighted by atomic mass is 9.89. The lowest BCUT2D eigenvalue weighted by molar-refractivity contribution is -0.123. The van der Waals surface area contributed by atoms with Crippen molar-refractivity contribution in [3.8, 4) is 5.75 Å². The van der Waals surface area contributed by atoms with Crippen LogP contribution in [-0.2, 0) is 16.1 Å². The Bertz CT molecular complexity index is 828. The molecule has 1 atom stereocenters. The Kier molecular flexibility index (Phi) is 5.25. The molecular weight excluding hydrogens is 332 g/mol. The molecule has 0 bridgehead atoms. The normalized spacial score (nSPS) is 16.0. The van der Waals surface area contributed by atoms with Crippen LogP contribution in [0.4, 0.5) is 11.5 Å². The summed E-state index contributed by atoms with van der Waals surface area (Å²) in [5.74, 6) is 0.238. The number of ether oxygens (including phenoxy) is 1. The SMILES string of the molecule is CCCCn1nc(C)cc1NC(=O)[C@@H]1CC(=O)Nc2c(OC)cccc21. The third kappa shape index (κ3) is 3.56. The van der Waals surface area contributed by atoms with E-state index in [9.17, 15) is 9.59 Å². The summed E-state index contributed by atoms with van der Waals surface area (Å²) in [6.45, 7) is 4.75. The molecule has 0 aliphatic carbocycles. The number of carbonyl (C=O) groups excluding carboxylic acids is 2. The number of rotatable bonds is 6. The number of amides is 2. The van der Waals surface area contributed by atoms with Gasteiger partial charge in [-0.25, -0.2) is 4.68 Å². The van der Waals surface area contributed by atoms with E-state index >= 15 is 0 Å². The van der Waals surface area contributed by atoms with Gasteiger partial charge in [0.15, 0.2) is 0 Å². The van der Waals surface area contributed by atoms with Gasteiger partial charge in [0.2, 0.25) is 11.8 Å². The lowest BCUT2D eigenvalue weighted by Crippen LogP contribution is -2.31. The average molecular weight is 356 g/mol. The number of carbonyl (C=O) groups is 2. The number of nitrogens with zero attached hydrogens (tertiary/aromatic N) is 2. The van der Waals surface area contributed by atoms with Gasteiger partial charge >= 0.3 is 0 Å². The van der Waals surface area contributed by atoms with E-state index in [0.717, 1.165) is 30.6 Å². The number of para-hydroxylation sites is 1. The van der Waals surface area contributed by atoms with Gasteiger partial charge in [-0.15, -0.1) is 0 Å². The van der Waals surface area contributed by atoms with Gasteiger partial charge in [-0.2, -0.15) is 5.10 Å². The molecule has 138 valence electrons. The van der Waals surface area contributed by atoms with E-state index in [0.29, 0.717) is 17.3 Å². The molecule has 2 amide bonds. The highest BCUT2D eigenvalue weighted by Gasteiger charge is 2.32. The summed E-state index contributed by atoms with van der Waals surface area (Å²) in [5.41, 5.74) is 2.18. The Morgan fingerprint density at radius 1 is 1.46 bits per heavy atom. The van der Waals surface area contributed by atoms with E-state index in [4.69, 9.17) is 4.74 Å². The van der Waals surface area contributed by atoms with Crippen LogP contribution in [0.25, 0.3) is 0 Å². The second-order valence-electron chi connectivity index (χ2n) is 6.47. The first-order valence-electron chi connectivity index (χ1n) is 8.85. The zero-order valence-corrected chi connectivity index (χ0v) is 15.3. The summed E-state index contributed by atoms with van der Waals surface area (Å²) in [4.78, 5) is 25.0. The van der Waals surface area contributed by atoms with Gasteiger partial charge in [-0.3, -0.25) is 9.59 Å². The smallest absolute Gasteiger partial charge is 0.233 e. The van der Waals surface area contributed by atoms with E-state index in [1.165, 1.54) is 0 Å². The Morgan fingerprint density at radius 2 is 2.27 bits per heavy atom. The molecule has 1 aromatic carbocycles. The first kappa shape index (κ1) is 18.0. The topological polar surface area (TPSA) is 85.2 Å². The highest BCUT2D eigenvalue weighted by molar-refractivity contribution is 6.05. The highest BCUT2D eigenvalue weighted by Crippen LogP contribution is 2.39. The lowest BCUT2D eigenvalue weighted by Gasteiger charge is -2.26. The molecule has 7 nitrogen and oxygen atoms in total. The number of aromatic nitrogens is 2. The standard InChI is InChI=1S/C19H24N4O3/c1-4-5-9-23-16(10-12(2)22-23)20-19(25)14-11-17(24)21-18-13(14)7-6-8-15(18)26-3/h6-8,10,14H,4-5,9,11H2,1-3H3,(H,20,25)(H,21,24)/t14-/m1/s1. The van der Waals surface area contributed by atoms with E-state index in [1.807, 2.05) is 29.8 Å². The molecule has 1 aromatic heterocycles. The summed E-state index contributed by atoms with van der Waals surface area (Å²) in [6.07, 6.45) is 2.13. The Balaban J connectivity index is 1.87. The second-order valence-corrected chi connectivity index (χ2v) is 6.47. The minimum absolute atomic E-state index is 0.105. The van der Waals surface area contributed by atoms with E-state index in [-0.39, 0.29) is 18.2 Å². The minimum Gasteiger partial charge on any atom is -0.495 e. The Hall–Kier alpha value is -2.83. The molecule has 3 rings (SSSR count). The number of fused-ring (bicyclic) bond motifs is 1. The van der Waals surface area contributed by atoms with Crippen molar-refractivity contribution in [3.05, 3.63) is 35.5 Å². The summed E-state index contributed by atoms with van der Waals surface area (Å²) >= 11 is 0. The second kappa shape index (κ2) is 7.59. The number of aryl methyl sites for hydroxylation is 2. The molecular formula is C19H24N4O3. The van der Waals surface area contributed by atoms with Crippen LogP contribution in [0.2, 0.25) is 0 Å². The summed E-state index contributed by atoms with van der Waals surface area (Å²) in [7, 11) is 1.54. The fraction of sp³-hybridized carbons (Fsp3) is 0.421. The van der Waals surface area contributed by atoms with E-state index < -0.39 is 5.92 Å². The molecule has 1 aliphatic rings. The molecule has 1 aliphatic heterocycles. The predicted octanol–water partition coefficient (Wildman–Crippen LogP) is 3.06. The van der Waals surface area contributed by atoms with Crippen molar-refractivity contribution >= 4 is 23.3 Å². The largest absolute Gasteiger partial charge is 0.495 e. The number of unbranched alkanes of at least 4 members (excludes halogenated alkanes) is 1. The molecule has 2 heterocycles. The van der Waals surface area contributed by atoms with Crippen molar-refractivity contribution in [2.75, 3.05) is 17.7 Å². The van der Waals surface area contributed by atoms with Crippen LogP contribution in [0, 0.1) is 6.92 Å². The van der Waals surface area contributed by atoms with Gasteiger partial charge in [0, 0.05) is 19.0 Å². The number of nitrogens with one attached hydrogen (secondary N) is 2. The molecule has 0 unspecified atom stereocenters. The minimum atomic E-state index is -0.566. The molecule has 0 fully saturated rings. The number of hydrogen-bond donors (Lipinski definition) is 2. The van der Waals surface area contributed by atoms with Crippen LogP contribution in [0.1, 0.15) is 43.4 Å². The molecule has 0 saturated carbocycles. The van der Waals surface area contributed by atoms with Crippen LogP contribution >= 0.6 is 0 Å². The molecule has 7 heteroatoms. The van der Waals surface area contributed by atoms with Crippen molar-refractivity contribution in [1.82, 2.24) is 9.78 Å². The Morgan fingerprint density at radius 3 is 3.00 bits per heavy atom. The van der Waals surface area contributed by atoms with Crippen molar-refractivity contribution in [3.63, 3.8) is 0 Å². The maximum Gasteiger partial charge on any atom is 0.233 e. The molecule has 0 spiro atoms. The summed E-state index contributed by atoms with van der Waals surface area (Å²) in [5, 5.41) is 10.2. The maximum atomic E-state index is 12.9. The van der Waals surface area contributed by atoms with Crippen LogP contribution in [0.15, 0.2) is 24.3 Å². The van der Waals surface area contributed by atoms with Gasteiger partial charge < -0.3 is 15.4 Å². The third-order valence-corrected chi connectivity index (χ3v) is 4.50. The number of anilines is 2. The van der Waals surface area contributed by atoms with Crippen LogP contribution < -0.4 is 15.4 Å². The van der Waals surface area contributed by atoms with Crippen molar-refractivity contribution < 1.29 is 14.3 Å². The fourth-order valence-electron chi connectivity index (χ4n) is 3.20. The third-order valence-electron chi connectivity index (χ3n) is 4.50. The summed E-state index contributed by atoms with van der Waals surface area (Å²) < 4.78 is 7.13. The number of hydrogen-bond acceptors (Lipinski definition) is 4. The number of methoxy groups -OCH3 is 1. The zero-order valence-electron chi connectivity index (χ0n) is 15.3. The Labute approximate surface area is 152 Å². The van der Waals surface area contributed by atoms with Crippen molar-refractivity contribution in [1.29, 1.82) is 0 Å². The van der Waals surface area contributed by atoms with Gasteiger partial charge in [0.05, 0.1) is 24.4 Å². The quantitative estimate of drug-likeness (QED) is 0.833. The maximum absolute atomic E-state index is 12.9. The van der Waals surface area contributed by atoms with Crippen molar-refractivity contribution in [2.24, 2.45) is 0 Å². The summed E-state index contributed by atoms with van der Waals surface area (Å²) in [6, 6.07) is 7.29. The monoisotopic (exact) mass is 356 g/mol. The van der Waals surface area contributed by atoms with E-state index in [1.54, 1.807) is 13.2 Å². The van der Waals surface area contributed by atoms with Gasteiger partial charge in [-0.05, 0) is 25.0 Å². The number of benzene rings is 1. The van der Waals surface area contributed by atoms with Gasteiger partial charge in [0.25, 0.3) is 0 Å². The molecule has 2 N–H and O–H groups in total. The van der Waals surface area contributed by atoms with Gasteiger partial charge in [0.1, 0.15) is 11.6 Å². The molecule has 2 aromatic rings. The van der Waals surface area contributed by atoms with Crippen LogP contribution in [-0.4, -0.2) is 28.7 Å². The highest BCUT2D eigenvalue weighted by atomic mass is 16.5. The first-order chi connectivity index (χ1) is 12.5. The molecule has 26 heavy (non-hydrogen) atoms. The average Bonchev–Trinajstić information content (AvgIpc) is 2.97. The van der Waals surface area contributed by atoms with Crippen molar-refractivity contribution in [2.45, 2.75) is 45.6 Å². The zero-order chi connectivity index (χ0) is 18.7. The van der Waals surface area contributed by atoms with Crippen LogP contribution in [0.5, 0.6) is 5.75 Å². The fourth-order valence-corrected chi connectivity index (χ4v) is 3.20. The van der Waals surface area contributed by atoms with Crippen LogP contribution in [0.3, 0.4) is 0 Å². The molecule has 0 radical (unpaired) electrons.